The Hall–Kier alpha value is -0.120. The average molecular weight is 228 g/mol. The van der Waals surface area contributed by atoms with Crippen LogP contribution in [0.2, 0.25) is 0 Å². The number of rotatable bonds is 7. The fourth-order valence-electron chi connectivity index (χ4n) is 2.14. The number of nitrogens with zero attached hydrogens (tertiary/aromatic N) is 1. The molecule has 1 unspecified atom stereocenters. The molecule has 1 rings (SSSR count). The van der Waals surface area contributed by atoms with E-state index in [0.29, 0.717) is 6.04 Å². The first kappa shape index (κ1) is 13.9. The van der Waals surface area contributed by atoms with Gasteiger partial charge in [-0.05, 0) is 45.7 Å². The summed E-state index contributed by atoms with van der Waals surface area (Å²) in [6, 6.07) is 0.670. The highest BCUT2D eigenvalue weighted by Crippen LogP contribution is 2.03. The molecule has 0 spiro atoms. The molecule has 0 aliphatic carbocycles. The monoisotopic (exact) mass is 228 g/mol. The minimum absolute atomic E-state index is 0.670. The predicted molar refractivity (Wildman–Crippen MR) is 68.9 cm³/mol. The maximum absolute atomic E-state index is 5.45. The van der Waals surface area contributed by atoms with Crippen molar-refractivity contribution in [2.45, 2.75) is 45.6 Å². The third-order valence-electron chi connectivity index (χ3n) is 3.17. The summed E-state index contributed by atoms with van der Waals surface area (Å²) in [5.74, 6) is 0. The van der Waals surface area contributed by atoms with Gasteiger partial charge in [0.05, 0.1) is 6.61 Å². The van der Waals surface area contributed by atoms with E-state index in [9.17, 15) is 0 Å². The molecule has 1 aliphatic rings. The summed E-state index contributed by atoms with van der Waals surface area (Å²) in [6.45, 7) is 11.1. The Labute approximate surface area is 101 Å². The molecule has 1 aliphatic heterocycles. The molecule has 96 valence electrons. The van der Waals surface area contributed by atoms with Crippen molar-refractivity contribution in [2.24, 2.45) is 0 Å². The summed E-state index contributed by atoms with van der Waals surface area (Å²) in [7, 11) is 0. The van der Waals surface area contributed by atoms with Gasteiger partial charge in [0.25, 0.3) is 0 Å². The van der Waals surface area contributed by atoms with Gasteiger partial charge in [-0.15, -0.1) is 0 Å². The molecule has 0 aromatic rings. The normalized spacial score (nSPS) is 20.6. The molecule has 1 fully saturated rings. The standard InChI is InChI=1S/C13H28N2O/c1-3-7-14-13(2)6-4-8-15-9-5-11-16-12-10-15/h13-14H,3-12H2,1-2H3. The maximum Gasteiger partial charge on any atom is 0.0593 e. The first-order valence-corrected chi connectivity index (χ1v) is 6.86. The maximum atomic E-state index is 5.45. The van der Waals surface area contributed by atoms with Crippen molar-refractivity contribution in [2.75, 3.05) is 39.4 Å². The molecule has 16 heavy (non-hydrogen) atoms. The molecule has 0 aromatic carbocycles. The van der Waals surface area contributed by atoms with Crippen LogP contribution in [0.1, 0.15) is 39.5 Å². The van der Waals surface area contributed by atoms with Crippen LogP contribution in [0.15, 0.2) is 0 Å². The molecular weight excluding hydrogens is 200 g/mol. The molecule has 1 N–H and O–H groups in total. The van der Waals surface area contributed by atoms with Crippen LogP contribution in [0.5, 0.6) is 0 Å². The van der Waals surface area contributed by atoms with Crippen molar-refractivity contribution >= 4 is 0 Å². The van der Waals surface area contributed by atoms with Gasteiger partial charge in [-0.25, -0.2) is 0 Å². The van der Waals surface area contributed by atoms with Crippen LogP contribution < -0.4 is 5.32 Å². The van der Waals surface area contributed by atoms with Gasteiger partial charge in [-0.3, -0.25) is 0 Å². The largest absolute Gasteiger partial charge is 0.380 e. The minimum Gasteiger partial charge on any atom is -0.380 e. The third kappa shape index (κ3) is 6.46. The minimum atomic E-state index is 0.670. The summed E-state index contributed by atoms with van der Waals surface area (Å²) in [5, 5.41) is 3.54. The lowest BCUT2D eigenvalue weighted by molar-refractivity contribution is 0.141. The molecule has 0 bridgehead atoms. The van der Waals surface area contributed by atoms with Crippen LogP contribution >= 0.6 is 0 Å². The van der Waals surface area contributed by atoms with Crippen molar-refractivity contribution in [1.29, 1.82) is 0 Å². The van der Waals surface area contributed by atoms with Gasteiger partial charge in [0.15, 0.2) is 0 Å². The molecule has 3 heteroatoms. The van der Waals surface area contributed by atoms with Gasteiger partial charge in [-0.1, -0.05) is 6.92 Å². The van der Waals surface area contributed by atoms with E-state index in [-0.39, 0.29) is 0 Å². The van der Waals surface area contributed by atoms with E-state index in [4.69, 9.17) is 4.74 Å². The van der Waals surface area contributed by atoms with Gasteiger partial charge in [-0.2, -0.15) is 0 Å². The highest BCUT2D eigenvalue weighted by molar-refractivity contribution is 4.65. The zero-order chi connectivity index (χ0) is 11.6. The second-order valence-electron chi connectivity index (χ2n) is 4.80. The molecule has 3 nitrogen and oxygen atoms in total. The number of ether oxygens (including phenoxy) is 1. The lowest BCUT2D eigenvalue weighted by atomic mass is 10.1. The summed E-state index contributed by atoms with van der Waals surface area (Å²) in [4.78, 5) is 2.54. The van der Waals surface area contributed by atoms with E-state index in [1.807, 2.05) is 0 Å². The van der Waals surface area contributed by atoms with E-state index in [0.717, 1.165) is 26.3 Å². The van der Waals surface area contributed by atoms with Crippen LogP contribution in [0.3, 0.4) is 0 Å². The predicted octanol–water partition coefficient (Wildman–Crippen LogP) is 1.88. The van der Waals surface area contributed by atoms with Crippen LogP contribution in [0, 0.1) is 0 Å². The third-order valence-corrected chi connectivity index (χ3v) is 3.17. The van der Waals surface area contributed by atoms with E-state index in [1.54, 1.807) is 0 Å². The molecule has 1 atom stereocenters. The van der Waals surface area contributed by atoms with Gasteiger partial charge in [0.2, 0.25) is 0 Å². The highest BCUT2D eigenvalue weighted by atomic mass is 16.5. The van der Waals surface area contributed by atoms with Crippen molar-refractivity contribution in [3.63, 3.8) is 0 Å². The van der Waals surface area contributed by atoms with Crippen molar-refractivity contribution in [1.82, 2.24) is 10.2 Å². The van der Waals surface area contributed by atoms with Gasteiger partial charge >= 0.3 is 0 Å². The smallest absolute Gasteiger partial charge is 0.0593 e. The van der Waals surface area contributed by atoms with Crippen LogP contribution in [0.25, 0.3) is 0 Å². The van der Waals surface area contributed by atoms with Crippen molar-refractivity contribution < 1.29 is 4.74 Å². The van der Waals surface area contributed by atoms with E-state index < -0.39 is 0 Å². The first-order chi connectivity index (χ1) is 7.83. The van der Waals surface area contributed by atoms with Crippen LogP contribution in [-0.4, -0.2) is 50.3 Å². The van der Waals surface area contributed by atoms with Crippen LogP contribution in [0.4, 0.5) is 0 Å². The van der Waals surface area contributed by atoms with Crippen LogP contribution in [-0.2, 0) is 4.74 Å². The molecule has 0 amide bonds. The lowest BCUT2D eigenvalue weighted by Crippen LogP contribution is -2.30. The Kier molecular flexibility index (Phi) is 7.81. The molecule has 0 saturated carbocycles. The van der Waals surface area contributed by atoms with Crippen molar-refractivity contribution in [3.05, 3.63) is 0 Å². The van der Waals surface area contributed by atoms with Gasteiger partial charge in [0, 0.05) is 25.7 Å². The fraction of sp³-hybridized carbons (Fsp3) is 1.00. The van der Waals surface area contributed by atoms with E-state index >= 15 is 0 Å². The van der Waals surface area contributed by atoms with E-state index in [1.165, 1.54) is 38.8 Å². The number of nitrogens with one attached hydrogen (secondary N) is 1. The average Bonchev–Trinajstić information content (AvgIpc) is 2.55. The Morgan fingerprint density at radius 1 is 1.31 bits per heavy atom. The molecular formula is C13H28N2O. The Morgan fingerprint density at radius 3 is 3.00 bits per heavy atom. The second-order valence-corrected chi connectivity index (χ2v) is 4.80. The topological polar surface area (TPSA) is 24.5 Å². The Balaban J connectivity index is 2.00. The Bertz CT molecular complexity index is 156. The van der Waals surface area contributed by atoms with E-state index in [2.05, 4.69) is 24.1 Å². The summed E-state index contributed by atoms with van der Waals surface area (Å²) < 4.78 is 5.45. The molecule has 0 radical (unpaired) electrons. The first-order valence-electron chi connectivity index (χ1n) is 6.86. The van der Waals surface area contributed by atoms with Gasteiger partial charge in [0.1, 0.15) is 0 Å². The summed E-state index contributed by atoms with van der Waals surface area (Å²) in [5.41, 5.74) is 0. The zero-order valence-corrected chi connectivity index (χ0v) is 11.0. The second kappa shape index (κ2) is 8.97. The molecule has 1 saturated heterocycles. The number of hydrogen-bond donors (Lipinski definition) is 1. The zero-order valence-electron chi connectivity index (χ0n) is 11.0. The number of hydrogen-bond acceptors (Lipinski definition) is 3. The van der Waals surface area contributed by atoms with Gasteiger partial charge < -0.3 is 15.0 Å². The summed E-state index contributed by atoms with van der Waals surface area (Å²) >= 11 is 0. The quantitative estimate of drug-likeness (QED) is 0.720. The molecule has 1 heterocycles. The lowest BCUT2D eigenvalue weighted by Gasteiger charge is -2.20. The fourth-order valence-corrected chi connectivity index (χ4v) is 2.14. The molecule has 0 aromatic heterocycles. The SMILES string of the molecule is CCCNC(C)CCCN1CCCOCC1. The van der Waals surface area contributed by atoms with Crippen molar-refractivity contribution in [3.8, 4) is 0 Å². The summed E-state index contributed by atoms with van der Waals surface area (Å²) in [6.07, 6.45) is 5.02. The highest BCUT2D eigenvalue weighted by Gasteiger charge is 2.09. The Morgan fingerprint density at radius 2 is 2.19 bits per heavy atom.